The van der Waals surface area contributed by atoms with Crippen molar-refractivity contribution in [3.63, 3.8) is 0 Å². The van der Waals surface area contributed by atoms with Crippen molar-refractivity contribution in [2.24, 2.45) is 0 Å². The molecule has 1 aliphatic rings. The topological polar surface area (TPSA) is 41.5 Å². The van der Waals surface area contributed by atoms with E-state index in [-0.39, 0.29) is 6.10 Å². The zero-order valence-electron chi connectivity index (χ0n) is 12.6. The van der Waals surface area contributed by atoms with Crippen molar-refractivity contribution < 1.29 is 9.84 Å². The Morgan fingerprint density at radius 1 is 1.09 bits per heavy atom. The normalized spacial score (nSPS) is 20.9. The van der Waals surface area contributed by atoms with Gasteiger partial charge in [0.1, 0.15) is 11.7 Å². The van der Waals surface area contributed by atoms with Gasteiger partial charge < -0.3 is 15.2 Å². The zero-order valence-corrected chi connectivity index (χ0v) is 14.1. The lowest BCUT2D eigenvalue weighted by molar-refractivity contribution is -0.124. The lowest BCUT2D eigenvalue weighted by Crippen LogP contribution is -2.52. The van der Waals surface area contributed by atoms with Crippen LogP contribution >= 0.6 is 23.2 Å². The first kappa shape index (κ1) is 16.7. The maximum atomic E-state index is 11.5. The van der Waals surface area contributed by atoms with Crippen LogP contribution in [-0.4, -0.2) is 30.9 Å². The van der Waals surface area contributed by atoms with Gasteiger partial charge in [-0.1, -0.05) is 59.6 Å². The molecule has 1 saturated heterocycles. The van der Waals surface area contributed by atoms with E-state index in [1.165, 1.54) is 0 Å². The van der Waals surface area contributed by atoms with Crippen LogP contribution in [0.25, 0.3) is 0 Å². The van der Waals surface area contributed by atoms with E-state index in [9.17, 15) is 5.11 Å². The van der Waals surface area contributed by atoms with Gasteiger partial charge in [-0.3, -0.25) is 0 Å². The second-order valence-electron chi connectivity index (χ2n) is 5.73. The Balaban J connectivity index is 2.01. The van der Waals surface area contributed by atoms with E-state index in [4.69, 9.17) is 27.9 Å². The minimum Gasteiger partial charge on any atom is -0.382 e. The highest BCUT2D eigenvalue weighted by Crippen LogP contribution is 2.36. The summed E-state index contributed by atoms with van der Waals surface area (Å²) >= 11 is 12.6. The van der Waals surface area contributed by atoms with Crippen molar-refractivity contribution in [1.29, 1.82) is 0 Å². The standard InChI is InChI=1S/C18H19Cl2NO2/c19-15-7-4-8-16(20)14(15)11-18(22,13-5-2-1-3-6-13)17-12-21-9-10-23-17/h1-8,17,21-22H,9-12H2/t17-,18-/m1/s1. The number of morpholine rings is 1. The lowest BCUT2D eigenvalue weighted by Gasteiger charge is -2.39. The molecule has 1 aliphatic heterocycles. The largest absolute Gasteiger partial charge is 0.382 e. The molecule has 0 aromatic heterocycles. The van der Waals surface area contributed by atoms with Gasteiger partial charge in [-0.25, -0.2) is 0 Å². The van der Waals surface area contributed by atoms with Gasteiger partial charge in [0, 0.05) is 29.6 Å². The number of aliphatic hydroxyl groups is 1. The first-order chi connectivity index (χ1) is 11.1. The smallest absolute Gasteiger partial charge is 0.121 e. The summed E-state index contributed by atoms with van der Waals surface area (Å²) in [5.74, 6) is 0. The summed E-state index contributed by atoms with van der Waals surface area (Å²) in [7, 11) is 0. The minimum atomic E-state index is -1.21. The van der Waals surface area contributed by atoms with Gasteiger partial charge in [-0.2, -0.15) is 0 Å². The van der Waals surface area contributed by atoms with Crippen molar-refractivity contribution in [1.82, 2.24) is 5.32 Å². The summed E-state index contributed by atoms with van der Waals surface area (Å²) in [6.45, 7) is 1.93. The summed E-state index contributed by atoms with van der Waals surface area (Å²) in [6, 6.07) is 14.9. The van der Waals surface area contributed by atoms with Crippen molar-refractivity contribution >= 4 is 23.2 Å². The summed E-state index contributed by atoms with van der Waals surface area (Å²) in [6.07, 6.45) is -0.0759. The van der Waals surface area contributed by atoms with E-state index in [0.29, 0.717) is 29.6 Å². The van der Waals surface area contributed by atoms with Gasteiger partial charge >= 0.3 is 0 Å². The fourth-order valence-electron chi connectivity index (χ4n) is 2.97. The number of hydrogen-bond acceptors (Lipinski definition) is 3. The molecule has 0 radical (unpaired) electrons. The fraction of sp³-hybridized carbons (Fsp3) is 0.333. The molecular formula is C18H19Cl2NO2. The van der Waals surface area contributed by atoms with Gasteiger partial charge in [0.25, 0.3) is 0 Å². The van der Waals surface area contributed by atoms with Crippen LogP contribution in [0.4, 0.5) is 0 Å². The highest BCUT2D eigenvalue weighted by atomic mass is 35.5. The van der Waals surface area contributed by atoms with Gasteiger partial charge in [0.15, 0.2) is 0 Å². The number of benzene rings is 2. The molecule has 0 spiro atoms. The Kier molecular flexibility index (Phi) is 5.24. The molecule has 3 nitrogen and oxygen atoms in total. The Hall–Kier alpha value is -1.10. The van der Waals surface area contributed by atoms with E-state index in [1.54, 1.807) is 18.2 Å². The number of rotatable bonds is 4. The third-order valence-electron chi connectivity index (χ3n) is 4.24. The minimum absolute atomic E-state index is 0.294. The summed E-state index contributed by atoms with van der Waals surface area (Å²) in [5, 5.41) is 15.9. The first-order valence-corrected chi connectivity index (χ1v) is 8.40. The van der Waals surface area contributed by atoms with Gasteiger partial charge in [0.2, 0.25) is 0 Å². The fourth-order valence-corrected chi connectivity index (χ4v) is 3.50. The third kappa shape index (κ3) is 3.54. The molecule has 0 bridgehead atoms. The molecule has 2 aromatic rings. The number of halogens is 2. The van der Waals surface area contributed by atoms with E-state index in [2.05, 4.69) is 5.32 Å². The van der Waals surface area contributed by atoms with Crippen molar-refractivity contribution in [3.8, 4) is 0 Å². The van der Waals surface area contributed by atoms with Crippen LogP contribution in [0.15, 0.2) is 48.5 Å². The molecule has 23 heavy (non-hydrogen) atoms. The number of ether oxygens (including phenoxy) is 1. The van der Waals surface area contributed by atoms with Crippen LogP contribution < -0.4 is 5.32 Å². The summed E-state index contributed by atoms with van der Waals surface area (Å²) < 4.78 is 5.85. The molecule has 2 atom stereocenters. The van der Waals surface area contributed by atoms with Crippen LogP contribution in [-0.2, 0) is 16.8 Å². The molecule has 5 heteroatoms. The second-order valence-corrected chi connectivity index (χ2v) is 6.55. The number of nitrogens with one attached hydrogen (secondary N) is 1. The maximum absolute atomic E-state index is 11.5. The SMILES string of the molecule is O[C@](Cc1c(Cl)cccc1Cl)(c1ccccc1)[C@H]1CNCCO1. The predicted molar refractivity (Wildman–Crippen MR) is 93.1 cm³/mol. The highest BCUT2D eigenvalue weighted by molar-refractivity contribution is 6.36. The molecule has 0 unspecified atom stereocenters. The molecule has 2 N–H and O–H groups in total. The molecule has 1 heterocycles. The van der Waals surface area contributed by atoms with Gasteiger partial charge in [0.05, 0.1) is 6.61 Å². The van der Waals surface area contributed by atoms with E-state index in [0.717, 1.165) is 17.7 Å². The van der Waals surface area contributed by atoms with Crippen molar-refractivity contribution in [3.05, 3.63) is 69.7 Å². The van der Waals surface area contributed by atoms with Crippen LogP contribution in [0, 0.1) is 0 Å². The lowest BCUT2D eigenvalue weighted by atomic mass is 9.82. The molecule has 3 rings (SSSR count). The Morgan fingerprint density at radius 2 is 1.78 bits per heavy atom. The second kappa shape index (κ2) is 7.20. The van der Waals surface area contributed by atoms with Crippen molar-refractivity contribution in [2.45, 2.75) is 18.1 Å². The molecule has 0 amide bonds. The van der Waals surface area contributed by atoms with Crippen LogP contribution in [0.2, 0.25) is 10.0 Å². The van der Waals surface area contributed by atoms with Crippen LogP contribution in [0.5, 0.6) is 0 Å². The molecule has 122 valence electrons. The highest BCUT2D eigenvalue weighted by Gasteiger charge is 2.41. The van der Waals surface area contributed by atoms with E-state index in [1.807, 2.05) is 30.3 Å². The number of hydrogen-bond donors (Lipinski definition) is 2. The Morgan fingerprint density at radius 3 is 2.39 bits per heavy atom. The van der Waals surface area contributed by atoms with Crippen molar-refractivity contribution in [2.75, 3.05) is 19.7 Å². The average molecular weight is 352 g/mol. The van der Waals surface area contributed by atoms with E-state index >= 15 is 0 Å². The zero-order chi connectivity index (χ0) is 16.3. The molecular weight excluding hydrogens is 333 g/mol. The predicted octanol–water partition coefficient (Wildman–Crippen LogP) is 3.41. The summed E-state index contributed by atoms with van der Waals surface area (Å²) in [5.41, 5.74) is 0.324. The van der Waals surface area contributed by atoms with Crippen LogP contribution in [0.1, 0.15) is 11.1 Å². The molecule has 1 fully saturated rings. The molecule has 0 saturated carbocycles. The molecule has 2 aromatic carbocycles. The monoisotopic (exact) mass is 351 g/mol. The first-order valence-electron chi connectivity index (χ1n) is 7.64. The Labute approximate surface area is 146 Å². The average Bonchev–Trinajstić information content (AvgIpc) is 2.60. The Bertz CT molecular complexity index is 639. The molecule has 0 aliphatic carbocycles. The quantitative estimate of drug-likeness (QED) is 0.886. The van der Waals surface area contributed by atoms with Crippen LogP contribution in [0.3, 0.4) is 0 Å². The van der Waals surface area contributed by atoms with Gasteiger partial charge in [-0.15, -0.1) is 0 Å². The van der Waals surface area contributed by atoms with E-state index < -0.39 is 5.60 Å². The third-order valence-corrected chi connectivity index (χ3v) is 4.95. The maximum Gasteiger partial charge on any atom is 0.121 e. The van der Waals surface area contributed by atoms with Gasteiger partial charge in [-0.05, 0) is 23.3 Å². The summed E-state index contributed by atoms with van der Waals surface area (Å²) in [4.78, 5) is 0.